The van der Waals surface area contributed by atoms with E-state index in [1.165, 1.54) is 21.3 Å². The summed E-state index contributed by atoms with van der Waals surface area (Å²) in [5.74, 6) is 1.26. The molecule has 2 aromatic carbocycles. The van der Waals surface area contributed by atoms with E-state index < -0.39 is 0 Å². The molecule has 2 N–H and O–H groups in total. The van der Waals surface area contributed by atoms with Crippen molar-refractivity contribution in [1.29, 1.82) is 0 Å². The molecule has 2 rings (SSSR count). The van der Waals surface area contributed by atoms with Crippen LogP contribution in [-0.2, 0) is 6.42 Å². The maximum absolute atomic E-state index is 10.1. The van der Waals surface area contributed by atoms with Crippen LogP contribution in [0.5, 0.6) is 28.7 Å². The van der Waals surface area contributed by atoms with E-state index in [0.29, 0.717) is 23.7 Å². The average molecular weight is 316 g/mol. The van der Waals surface area contributed by atoms with Crippen molar-refractivity contribution < 1.29 is 24.4 Å². The average Bonchev–Trinajstić information content (AvgIpc) is 2.56. The van der Waals surface area contributed by atoms with E-state index >= 15 is 0 Å². The summed E-state index contributed by atoms with van der Waals surface area (Å²) in [5.41, 5.74) is 1.74. The topological polar surface area (TPSA) is 68.2 Å². The molecule has 0 aliphatic heterocycles. The molecule has 0 saturated carbocycles. The highest BCUT2D eigenvalue weighted by Crippen LogP contribution is 2.39. The van der Waals surface area contributed by atoms with Gasteiger partial charge in [0.15, 0.2) is 23.0 Å². The Hall–Kier alpha value is -2.82. The first kappa shape index (κ1) is 16.5. The van der Waals surface area contributed by atoms with E-state index in [1.54, 1.807) is 18.2 Å². The first-order chi connectivity index (χ1) is 11.1. The third-order valence-electron chi connectivity index (χ3n) is 3.44. The molecular formula is C18H20O5. The highest BCUT2D eigenvalue weighted by molar-refractivity contribution is 5.66. The quantitative estimate of drug-likeness (QED) is 0.855. The Balaban J connectivity index is 2.19. The van der Waals surface area contributed by atoms with Gasteiger partial charge >= 0.3 is 0 Å². The third kappa shape index (κ3) is 3.69. The molecule has 0 amide bonds. The number of ether oxygens (including phenoxy) is 3. The molecule has 0 unspecified atom stereocenters. The van der Waals surface area contributed by atoms with Gasteiger partial charge in [0.05, 0.1) is 21.3 Å². The summed E-state index contributed by atoms with van der Waals surface area (Å²) in [4.78, 5) is 0. The Morgan fingerprint density at radius 2 is 1.65 bits per heavy atom. The van der Waals surface area contributed by atoms with Gasteiger partial charge in [-0.1, -0.05) is 18.2 Å². The summed E-state index contributed by atoms with van der Waals surface area (Å²) in [7, 11) is 4.50. The van der Waals surface area contributed by atoms with Gasteiger partial charge in [-0.05, 0) is 36.2 Å². The van der Waals surface area contributed by atoms with Crippen molar-refractivity contribution in [3.8, 4) is 28.7 Å². The summed E-state index contributed by atoms with van der Waals surface area (Å²) in [6.45, 7) is 0. The SMILES string of the molecule is COc1cc(CC=Cc2ccc(OC)c(O)c2OC)ccc1O. The van der Waals surface area contributed by atoms with Crippen LogP contribution in [0.25, 0.3) is 6.08 Å². The lowest BCUT2D eigenvalue weighted by molar-refractivity contribution is 0.339. The fourth-order valence-electron chi connectivity index (χ4n) is 2.25. The molecule has 0 aliphatic carbocycles. The summed E-state index contributed by atoms with van der Waals surface area (Å²) in [5, 5.41) is 19.6. The van der Waals surface area contributed by atoms with Gasteiger partial charge in [0.1, 0.15) is 0 Å². The molecule has 0 radical (unpaired) electrons. The molecule has 0 bridgehead atoms. The van der Waals surface area contributed by atoms with Gasteiger partial charge < -0.3 is 24.4 Å². The summed E-state index contributed by atoms with van der Waals surface area (Å²) < 4.78 is 15.4. The second-order valence-electron chi connectivity index (χ2n) is 4.85. The van der Waals surface area contributed by atoms with Gasteiger partial charge in [0.2, 0.25) is 5.75 Å². The predicted molar refractivity (Wildman–Crippen MR) is 88.6 cm³/mol. The van der Waals surface area contributed by atoms with Crippen LogP contribution in [0.1, 0.15) is 11.1 Å². The smallest absolute Gasteiger partial charge is 0.201 e. The fourth-order valence-corrected chi connectivity index (χ4v) is 2.25. The molecular weight excluding hydrogens is 296 g/mol. The number of methoxy groups -OCH3 is 3. The monoisotopic (exact) mass is 316 g/mol. The predicted octanol–water partition coefficient (Wildman–Crippen LogP) is 3.38. The number of hydrogen-bond donors (Lipinski definition) is 2. The fraction of sp³-hybridized carbons (Fsp3) is 0.222. The van der Waals surface area contributed by atoms with Crippen molar-refractivity contribution >= 4 is 6.08 Å². The first-order valence-corrected chi connectivity index (χ1v) is 7.07. The standard InChI is InChI=1S/C18H20O5/c1-21-15-10-8-13(18(23-3)17(15)20)6-4-5-12-7-9-14(19)16(11-12)22-2/h4,6-11,19-20H,5H2,1-3H3. The molecule has 0 atom stereocenters. The van der Waals surface area contributed by atoms with Crippen LogP contribution in [0.2, 0.25) is 0 Å². The minimum absolute atomic E-state index is 0.0246. The number of aromatic hydroxyl groups is 2. The maximum atomic E-state index is 10.1. The molecule has 122 valence electrons. The van der Waals surface area contributed by atoms with E-state index in [9.17, 15) is 10.2 Å². The lowest BCUT2D eigenvalue weighted by atomic mass is 10.1. The van der Waals surface area contributed by atoms with Crippen molar-refractivity contribution in [3.05, 3.63) is 47.5 Å². The molecule has 0 fully saturated rings. The zero-order valence-electron chi connectivity index (χ0n) is 13.4. The van der Waals surface area contributed by atoms with E-state index in [1.807, 2.05) is 24.3 Å². The van der Waals surface area contributed by atoms with Gasteiger partial charge in [0, 0.05) is 5.56 Å². The minimum Gasteiger partial charge on any atom is -0.504 e. The van der Waals surface area contributed by atoms with E-state index in [2.05, 4.69) is 0 Å². The van der Waals surface area contributed by atoms with Gasteiger partial charge in [-0.3, -0.25) is 0 Å². The zero-order valence-corrected chi connectivity index (χ0v) is 13.4. The Morgan fingerprint density at radius 1 is 0.913 bits per heavy atom. The normalized spacial score (nSPS) is 10.7. The van der Waals surface area contributed by atoms with Crippen molar-refractivity contribution in [2.75, 3.05) is 21.3 Å². The second-order valence-corrected chi connectivity index (χ2v) is 4.85. The Kier molecular flexibility index (Phi) is 5.36. The highest BCUT2D eigenvalue weighted by Gasteiger charge is 2.12. The van der Waals surface area contributed by atoms with Gasteiger partial charge in [-0.2, -0.15) is 0 Å². The lowest BCUT2D eigenvalue weighted by Crippen LogP contribution is -1.91. The Morgan fingerprint density at radius 3 is 2.30 bits per heavy atom. The van der Waals surface area contributed by atoms with Gasteiger partial charge in [-0.25, -0.2) is 0 Å². The molecule has 2 aromatic rings. The van der Waals surface area contributed by atoms with Gasteiger partial charge in [-0.15, -0.1) is 0 Å². The number of allylic oxidation sites excluding steroid dienone is 1. The lowest BCUT2D eigenvalue weighted by Gasteiger charge is -2.10. The molecule has 0 heterocycles. The Labute approximate surface area is 135 Å². The summed E-state index contributed by atoms with van der Waals surface area (Å²) in [6, 6.07) is 8.70. The van der Waals surface area contributed by atoms with E-state index in [4.69, 9.17) is 14.2 Å². The maximum Gasteiger partial charge on any atom is 0.201 e. The molecule has 5 nitrogen and oxygen atoms in total. The van der Waals surface area contributed by atoms with E-state index in [-0.39, 0.29) is 11.5 Å². The molecule has 5 heteroatoms. The third-order valence-corrected chi connectivity index (χ3v) is 3.44. The number of hydrogen-bond acceptors (Lipinski definition) is 5. The molecule has 0 aliphatic rings. The van der Waals surface area contributed by atoms with Crippen molar-refractivity contribution in [2.24, 2.45) is 0 Å². The molecule has 23 heavy (non-hydrogen) atoms. The summed E-state index contributed by atoms with van der Waals surface area (Å²) in [6.07, 6.45) is 4.44. The first-order valence-electron chi connectivity index (χ1n) is 7.07. The number of phenols is 2. The number of benzene rings is 2. The molecule has 0 aromatic heterocycles. The van der Waals surface area contributed by atoms with Crippen LogP contribution in [-0.4, -0.2) is 31.5 Å². The Bertz CT molecular complexity index is 707. The minimum atomic E-state index is -0.0246. The van der Waals surface area contributed by atoms with Crippen LogP contribution < -0.4 is 14.2 Å². The van der Waals surface area contributed by atoms with Crippen molar-refractivity contribution in [3.63, 3.8) is 0 Å². The molecule has 0 saturated heterocycles. The largest absolute Gasteiger partial charge is 0.504 e. The van der Waals surface area contributed by atoms with Gasteiger partial charge in [0.25, 0.3) is 0 Å². The van der Waals surface area contributed by atoms with E-state index in [0.717, 1.165) is 11.1 Å². The zero-order chi connectivity index (χ0) is 16.8. The van der Waals surface area contributed by atoms with Crippen molar-refractivity contribution in [2.45, 2.75) is 6.42 Å². The summed E-state index contributed by atoms with van der Waals surface area (Å²) >= 11 is 0. The second kappa shape index (κ2) is 7.45. The van der Waals surface area contributed by atoms with Crippen LogP contribution in [0.4, 0.5) is 0 Å². The van der Waals surface area contributed by atoms with Crippen LogP contribution in [0, 0.1) is 0 Å². The highest BCUT2D eigenvalue weighted by atomic mass is 16.5. The number of phenolic OH excluding ortho intramolecular Hbond substituents is 2. The van der Waals surface area contributed by atoms with Crippen LogP contribution in [0.3, 0.4) is 0 Å². The van der Waals surface area contributed by atoms with Crippen LogP contribution >= 0.6 is 0 Å². The van der Waals surface area contributed by atoms with Crippen molar-refractivity contribution in [1.82, 2.24) is 0 Å². The molecule has 0 spiro atoms. The van der Waals surface area contributed by atoms with Crippen LogP contribution in [0.15, 0.2) is 36.4 Å². The number of rotatable bonds is 6.